The molecule has 0 atom stereocenters. The highest BCUT2D eigenvalue weighted by molar-refractivity contribution is 7.96. The van der Waals surface area contributed by atoms with Crippen molar-refractivity contribution in [3.63, 3.8) is 0 Å². The molecule has 0 spiro atoms. The molecule has 0 amide bonds. The molecule has 0 unspecified atom stereocenters. The molecule has 1 aliphatic rings. The molecule has 3 nitrogen and oxygen atoms in total. The van der Waals surface area contributed by atoms with Crippen molar-refractivity contribution in [2.24, 2.45) is 5.84 Å². The second kappa shape index (κ2) is 3.51. The van der Waals surface area contributed by atoms with Crippen LogP contribution in [0.5, 0.6) is 0 Å². The second-order valence-corrected chi connectivity index (χ2v) is 3.79. The molecule has 1 rings (SSSR count). The van der Waals surface area contributed by atoms with Crippen LogP contribution in [0.2, 0.25) is 0 Å². The van der Waals surface area contributed by atoms with E-state index in [1.807, 2.05) is 0 Å². The minimum absolute atomic E-state index is 0.0405. The number of carbonyl (C=O) groups is 1. The lowest BCUT2D eigenvalue weighted by atomic mass is 9.81. The second-order valence-electron chi connectivity index (χ2n) is 3.39. The average Bonchev–Trinajstić information content (AvgIpc) is 2.05. The lowest BCUT2D eigenvalue weighted by Gasteiger charge is -2.36. The summed E-state index contributed by atoms with van der Waals surface area (Å²) in [6.45, 7) is 0. The fourth-order valence-electron chi connectivity index (χ4n) is 1.46. The molecule has 3 N–H and O–H groups in total. The molecule has 0 aromatic rings. The van der Waals surface area contributed by atoms with E-state index in [2.05, 4.69) is 18.1 Å². The Morgan fingerprint density at radius 3 is 2.08 bits per heavy atom. The predicted octanol–water partition coefficient (Wildman–Crippen LogP) is 0.854. The third-order valence-electron chi connectivity index (χ3n) is 2.52. The first-order valence-corrected chi connectivity index (χ1v) is 4.46. The molecule has 0 bridgehead atoms. The number of alkyl halides is 2. The summed E-state index contributed by atoms with van der Waals surface area (Å²) in [6, 6.07) is 0. The van der Waals surface area contributed by atoms with Crippen LogP contribution in [-0.4, -0.2) is 16.6 Å². The fraction of sp³-hybridized carbons (Fsp3) is 0.857. The van der Waals surface area contributed by atoms with Gasteiger partial charge in [-0.1, -0.05) is 0 Å². The van der Waals surface area contributed by atoms with Crippen LogP contribution >= 0.6 is 12.6 Å². The van der Waals surface area contributed by atoms with E-state index in [-0.39, 0.29) is 25.7 Å². The van der Waals surface area contributed by atoms with Crippen LogP contribution in [-0.2, 0) is 4.79 Å². The zero-order chi connectivity index (χ0) is 10.1. The Balaban J connectivity index is 2.69. The molecule has 13 heavy (non-hydrogen) atoms. The minimum Gasteiger partial charge on any atom is -0.285 e. The molecule has 0 radical (unpaired) electrons. The van der Waals surface area contributed by atoms with Gasteiger partial charge in [-0.2, -0.15) is 0 Å². The SMILES string of the molecule is NNC1(C(=O)S)CCC(F)(F)CC1. The summed E-state index contributed by atoms with van der Waals surface area (Å²) >= 11 is 3.64. The van der Waals surface area contributed by atoms with Gasteiger partial charge < -0.3 is 0 Å². The normalized spacial score (nSPS) is 25.5. The molecule has 1 fully saturated rings. The van der Waals surface area contributed by atoms with Crippen LogP contribution < -0.4 is 11.3 Å². The predicted molar refractivity (Wildman–Crippen MR) is 47.5 cm³/mol. The maximum Gasteiger partial charge on any atom is 0.248 e. The minimum atomic E-state index is -2.66. The topological polar surface area (TPSA) is 55.1 Å². The fourth-order valence-corrected chi connectivity index (χ4v) is 1.75. The van der Waals surface area contributed by atoms with Crippen LogP contribution in [0.3, 0.4) is 0 Å². The molecule has 1 aliphatic carbocycles. The van der Waals surface area contributed by atoms with E-state index in [1.54, 1.807) is 0 Å². The third-order valence-corrected chi connectivity index (χ3v) is 2.95. The van der Waals surface area contributed by atoms with Crippen molar-refractivity contribution >= 4 is 17.7 Å². The largest absolute Gasteiger partial charge is 0.285 e. The van der Waals surface area contributed by atoms with Crippen LogP contribution in [0, 0.1) is 0 Å². The van der Waals surface area contributed by atoms with E-state index >= 15 is 0 Å². The van der Waals surface area contributed by atoms with Crippen molar-refractivity contribution in [1.29, 1.82) is 0 Å². The number of halogens is 2. The summed E-state index contributed by atoms with van der Waals surface area (Å²) in [7, 11) is 0. The molecule has 1 saturated carbocycles. The Bertz CT molecular complexity index is 213. The smallest absolute Gasteiger partial charge is 0.248 e. The molecule has 0 aromatic heterocycles. The van der Waals surface area contributed by atoms with Crippen molar-refractivity contribution in [1.82, 2.24) is 5.43 Å². The van der Waals surface area contributed by atoms with Crippen LogP contribution in [0.25, 0.3) is 0 Å². The number of hydrogen-bond donors (Lipinski definition) is 3. The van der Waals surface area contributed by atoms with Crippen molar-refractivity contribution in [3.05, 3.63) is 0 Å². The number of nitrogens with two attached hydrogens (primary N) is 1. The molecule has 0 aliphatic heterocycles. The zero-order valence-electron chi connectivity index (χ0n) is 7.02. The first-order chi connectivity index (χ1) is 5.92. The Hall–Kier alpha value is -0.200. The highest BCUT2D eigenvalue weighted by atomic mass is 32.1. The Morgan fingerprint density at radius 1 is 1.31 bits per heavy atom. The number of rotatable bonds is 2. The monoisotopic (exact) mass is 210 g/mol. The Labute approximate surface area is 80.4 Å². The van der Waals surface area contributed by atoms with Gasteiger partial charge in [-0.3, -0.25) is 10.6 Å². The lowest BCUT2D eigenvalue weighted by Crippen LogP contribution is -2.57. The summed E-state index contributed by atoms with van der Waals surface area (Å²) < 4.78 is 25.5. The van der Waals surface area contributed by atoms with Crippen molar-refractivity contribution in [2.75, 3.05) is 0 Å². The van der Waals surface area contributed by atoms with Gasteiger partial charge in [-0.05, 0) is 12.8 Å². The van der Waals surface area contributed by atoms with Crippen molar-refractivity contribution in [2.45, 2.75) is 37.1 Å². The number of hydrazine groups is 1. The highest BCUT2D eigenvalue weighted by Gasteiger charge is 2.46. The number of thiol groups is 1. The van der Waals surface area contributed by atoms with Crippen LogP contribution in [0.4, 0.5) is 8.78 Å². The molecule has 0 aromatic carbocycles. The summed E-state index contributed by atoms with van der Waals surface area (Å²) in [5.41, 5.74) is 1.24. The first kappa shape index (κ1) is 10.9. The van der Waals surface area contributed by atoms with Gasteiger partial charge in [0.1, 0.15) is 5.54 Å². The molecular formula is C7H12F2N2OS. The van der Waals surface area contributed by atoms with Gasteiger partial charge in [0, 0.05) is 12.8 Å². The quantitative estimate of drug-likeness (QED) is 0.360. The van der Waals surface area contributed by atoms with Crippen LogP contribution in [0.1, 0.15) is 25.7 Å². The third kappa shape index (κ3) is 2.18. The maximum atomic E-state index is 12.7. The van der Waals surface area contributed by atoms with Gasteiger partial charge in [-0.25, -0.2) is 14.2 Å². The van der Waals surface area contributed by atoms with Crippen LogP contribution in [0.15, 0.2) is 0 Å². The van der Waals surface area contributed by atoms with E-state index < -0.39 is 16.6 Å². The van der Waals surface area contributed by atoms with Gasteiger partial charge in [0.05, 0.1) is 0 Å². The Kier molecular flexibility index (Phi) is 2.94. The van der Waals surface area contributed by atoms with E-state index in [9.17, 15) is 13.6 Å². The summed E-state index contributed by atoms with van der Waals surface area (Å²) in [5, 5.41) is -0.467. The van der Waals surface area contributed by atoms with Crippen molar-refractivity contribution < 1.29 is 13.6 Å². The standard InChI is InChI=1S/C7H12F2N2OS/c8-7(9)3-1-6(11-10,2-4-7)5(12)13/h11H,1-4,10H2,(H,12,13). The highest BCUT2D eigenvalue weighted by Crippen LogP contribution is 2.38. The molecule has 76 valence electrons. The molecular weight excluding hydrogens is 198 g/mol. The van der Waals surface area contributed by atoms with Gasteiger partial charge in [0.25, 0.3) is 0 Å². The molecule has 0 saturated heterocycles. The lowest BCUT2D eigenvalue weighted by molar-refractivity contribution is -0.122. The van der Waals surface area contributed by atoms with E-state index in [4.69, 9.17) is 5.84 Å². The molecule has 0 heterocycles. The number of carbonyl (C=O) groups excluding carboxylic acids is 1. The Morgan fingerprint density at radius 2 is 1.77 bits per heavy atom. The number of hydrogen-bond acceptors (Lipinski definition) is 3. The van der Waals surface area contributed by atoms with E-state index in [1.165, 1.54) is 0 Å². The van der Waals surface area contributed by atoms with E-state index in [0.717, 1.165) is 0 Å². The van der Waals surface area contributed by atoms with Crippen molar-refractivity contribution in [3.8, 4) is 0 Å². The van der Waals surface area contributed by atoms with Gasteiger partial charge in [-0.15, -0.1) is 12.6 Å². The van der Waals surface area contributed by atoms with E-state index in [0.29, 0.717) is 0 Å². The number of nitrogens with one attached hydrogen (secondary N) is 1. The van der Waals surface area contributed by atoms with Gasteiger partial charge in [0.15, 0.2) is 0 Å². The molecule has 6 heteroatoms. The zero-order valence-corrected chi connectivity index (χ0v) is 7.91. The average molecular weight is 210 g/mol. The summed E-state index contributed by atoms with van der Waals surface area (Å²) in [4.78, 5) is 11.0. The summed E-state index contributed by atoms with van der Waals surface area (Å²) in [6.07, 6.45) is -0.551. The van der Waals surface area contributed by atoms with Gasteiger partial charge in [0.2, 0.25) is 11.0 Å². The maximum absolute atomic E-state index is 12.7. The van der Waals surface area contributed by atoms with Gasteiger partial charge >= 0.3 is 0 Å². The summed E-state index contributed by atoms with van der Waals surface area (Å²) in [5.74, 6) is 2.50. The first-order valence-electron chi connectivity index (χ1n) is 4.01.